The minimum absolute atomic E-state index is 0.718. The number of hydrogen-bond donors (Lipinski definition) is 0. The molecule has 0 aliphatic heterocycles. The van der Waals surface area contributed by atoms with Gasteiger partial charge in [0.25, 0.3) is 0 Å². The third-order valence-corrected chi connectivity index (χ3v) is 4.08. The van der Waals surface area contributed by atoms with Crippen molar-refractivity contribution in [2.24, 2.45) is 5.10 Å². The predicted molar refractivity (Wildman–Crippen MR) is 96.2 cm³/mol. The van der Waals surface area contributed by atoms with Gasteiger partial charge in [-0.3, -0.25) is 0 Å². The highest BCUT2D eigenvalue weighted by Gasteiger charge is 2.18. The molecule has 0 saturated carbocycles. The van der Waals surface area contributed by atoms with Gasteiger partial charge in [0, 0.05) is 19.9 Å². The number of aryl methyl sites for hydroxylation is 2. The molecule has 24 heavy (non-hydrogen) atoms. The maximum absolute atomic E-state index is 5.43. The van der Waals surface area contributed by atoms with Crippen LogP contribution in [0.15, 0.2) is 53.6 Å². The van der Waals surface area contributed by atoms with Gasteiger partial charge in [-0.15, -0.1) is 0 Å². The Morgan fingerprint density at radius 1 is 0.917 bits per heavy atom. The molecule has 0 saturated heterocycles. The first-order valence-corrected chi connectivity index (χ1v) is 7.81. The van der Waals surface area contributed by atoms with E-state index in [1.165, 1.54) is 0 Å². The van der Waals surface area contributed by atoms with Crippen LogP contribution in [0.4, 0.5) is 0 Å². The van der Waals surface area contributed by atoms with Gasteiger partial charge in [-0.1, -0.05) is 35.0 Å². The van der Waals surface area contributed by atoms with Crippen molar-refractivity contribution in [2.75, 3.05) is 14.2 Å². The summed E-state index contributed by atoms with van der Waals surface area (Å²) in [6.45, 7) is 4.11. The first-order chi connectivity index (χ1) is 11.6. The van der Waals surface area contributed by atoms with Crippen molar-refractivity contribution in [3.05, 3.63) is 65.5 Å². The van der Waals surface area contributed by atoms with Crippen molar-refractivity contribution in [3.8, 4) is 11.5 Å². The number of rotatable bonds is 4. The molecule has 3 rings (SSSR count). The van der Waals surface area contributed by atoms with Crippen LogP contribution in [0.3, 0.4) is 0 Å². The summed E-state index contributed by atoms with van der Waals surface area (Å²) in [5, 5.41) is 6.84. The van der Waals surface area contributed by atoms with Crippen molar-refractivity contribution >= 4 is 17.0 Å². The van der Waals surface area contributed by atoms with Crippen LogP contribution in [-0.4, -0.2) is 20.4 Å². The molecule has 0 spiro atoms. The predicted octanol–water partition coefficient (Wildman–Crippen LogP) is 3.64. The second kappa shape index (κ2) is 6.71. The molecule has 122 valence electrons. The quantitative estimate of drug-likeness (QED) is 0.543. The maximum atomic E-state index is 5.43. The average molecular weight is 321 g/mol. The SMILES string of the molecule is COc1cc2cc(C)[n+](N=Cc3ccccc3)c(C)c2cc1OC. The molecule has 0 N–H and O–H groups in total. The van der Waals surface area contributed by atoms with Crippen LogP contribution in [0, 0.1) is 13.8 Å². The first-order valence-electron chi connectivity index (χ1n) is 7.81. The summed E-state index contributed by atoms with van der Waals surface area (Å²) in [6.07, 6.45) is 1.87. The molecule has 0 bridgehead atoms. The van der Waals surface area contributed by atoms with E-state index in [-0.39, 0.29) is 0 Å². The highest BCUT2D eigenvalue weighted by molar-refractivity contribution is 5.87. The molecule has 4 heteroatoms. The molecule has 4 nitrogen and oxygen atoms in total. The lowest BCUT2D eigenvalue weighted by Crippen LogP contribution is -2.35. The van der Waals surface area contributed by atoms with E-state index in [9.17, 15) is 0 Å². The zero-order chi connectivity index (χ0) is 17.1. The Kier molecular flexibility index (Phi) is 4.47. The van der Waals surface area contributed by atoms with E-state index in [0.29, 0.717) is 0 Å². The molecule has 0 aliphatic carbocycles. The molecule has 0 atom stereocenters. The van der Waals surface area contributed by atoms with Gasteiger partial charge in [0.05, 0.1) is 19.6 Å². The molecule has 0 fully saturated rings. The lowest BCUT2D eigenvalue weighted by Gasteiger charge is -2.10. The Bertz CT molecular complexity index is 903. The van der Waals surface area contributed by atoms with E-state index < -0.39 is 0 Å². The zero-order valence-electron chi connectivity index (χ0n) is 14.4. The molecule has 2 aromatic carbocycles. The number of ether oxygens (including phenoxy) is 2. The Labute approximate surface area is 142 Å². The number of aromatic nitrogens is 1. The highest BCUT2D eigenvalue weighted by Crippen LogP contribution is 2.33. The fraction of sp³-hybridized carbons (Fsp3) is 0.200. The van der Waals surface area contributed by atoms with Gasteiger partial charge >= 0.3 is 0 Å². The summed E-state index contributed by atoms with van der Waals surface area (Å²) in [5.41, 5.74) is 3.17. The molecular formula is C20H21N2O2+. The van der Waals surface area contributed by atoms with Crippen molar-refractivity contribution < 1.29 is 14.1 Å². The third-order valence-electron chi connectivity index (χ3n) is 4.08. The number of fused-ring (bicyclic) bond motifs is 1. The van der Waals surface area contributed by atoms with Gasteiger partial charge in [-0.2, -0.15) is 0 Å². The Balaban J connectivity index is 2.14. The Morgan fingerprint density at radius 2 is 1.58 bits per heavy atom. The summed E-state index contributed by atoms with van der Waals surface area (Å²) >= 11 is 0. The standard InChI is InChI=1S/C20H21N2O2/c1-14-10-17-11-19(23-3)20(24-4)12-18(17)15(2)22(14)21-13-16-8-6-5-7-9-16/h5-13H,1-4H3/q+1. The van der Waals surface area contributed by atoms with E-state index in [1.807, 2.05) is 60.3 Å². The van der Waals surface area contributed by atoms with E-state index >= 15 is 0 Å². The number of nitrogens with zero attached hydrogens (tertiary/aromatic N) is 2. The normalized spacial score (nSPS) is 11.2. The fourth-order valence-corrected chi connectivity index (χ4v) is 2.83. The number of benzene rings is 2. The highest BCUT2D eigenvalue weighted by atomic mass is 16.5. The lowest BCUT2D eigenvalue weighted by molar-refractivity contribution is -0.688. The number of hydrogen-bond acceptors (Lipinski definition) is 3. The van der Waals surface area contributed by atoms with E-state index in [4.69, 9.17) is 9.47 Å². The van der Waals surface area contributed by atoms with Crippen LogP contribution in [0.25, 0.3) is 10.8 Å². The first kappa shape index (κ1) is 16.0. The topological polar surface area (TPSA) is 34.7 Å². The smallest absolute Gasteiger partial charge is 0.219 e. The molecule has 0 radical (unpaired) electrons. The minimum Gasteiger partial charge on any atom is -0.493 e. The van der Waals surface area contributed by atoms with Crippen LogP contribution in [0.2, 0.25) is 0 Å². The largest absolute Gasteiger partial charge is 0.493 e. The van der Waals surface area contributed by atoms with Crippen LogP contribution in [-0.2, 0) is 0 Å². The second-order valence-corrected chi connectivity index (χ2v) is 5.63. The monoisotopic (exact) mass is 321 g/mol. The Morgan fingerprint density at radius 3 is 2.25 bits per heavy atom. The van der Waals surface area contributed by atoms with Crippen molar-refractivity contribution in [1.82, 2.24) is 0 Å². The fourth-order valence-electron chi connectivity index (χ4n) is 2.83. The second-order valence-electron chi connectivity index (χ2n) is 5.63. The molecule has 1 aromatic heterocycles. The maximum Gasteiger partial charge on any atom is 0.219 e. The average Bonchev–Trinajstić information content (AvgIpc) is 2.61. The van der Waals surface area contributed by atoms with E-state index in [1.54, 1.807) is 14.2 Å². The van der Waals surface area contributed by atoms with Crippen LogP contribution < -0.4 is 14.1 Å². The summed E-state index contributed by atoms with van der Waals surface area (Å²) in [6, 6.07) is 16.2. The van der Waals surface area contributed by atoms with Gasteiger partial charge in [-0.25, -0.2) is 0 Å². The van der Waals surface area contributed by atoms with Gasteiger partial charge in [-0.05, 0) is 28.2 Å². The van der Waals surface area contributed by atoms with Crippen LogP contribution in [0.1, 0.15) is 17.0 Å². The molecule has 0 aliphatic rings. The van der Waals surface area contributed by atoms with Gasteiger partial charge in [0.1, 0.15) is 6.21 Å². The third kappa shape index (κ3) is 2.95. The molecular weight excluding hydrogens is 300 g/mol. The summed E-state index contributed by atoms with van der Waals surface area (Å²) in [5.74, 6) is 1.45. The summed E-state index contributed by atoms with van der Waals surface area (Å²) in [7, 11) is 3.30. The van der Waals surface area contributed by atoms with Crippen LogP contribution in [0.5, 0.6) is 11.5 Å². The van der Waals surface area contributed by atoms with Crippen molar-refractivity contribution in [3.63, 3.8) is 0 Å². The van der Waals surface area contributed by atoms with E-state index in [0.717, 1.165) is 39.2 Å². The zero-order valence-corrected chi connectivity index (χ0v) is 14.4. The van der Waals surface area contributed by atoms with Gasteiger partial charge in [0.2, 0.25) is 11.4 Å². The number of methoxy groups -OCH3 is 2. The minimum atomic E-state index is 0.718. The lowest BCUT2D eigenvalue weighted by atomic mass is 10.1. The molecule has 1 heterocycles. The summed E-state index contributed by atoms with van der Waals surface area (Å²) < 4.78 is 12.8. The molecule has 0 unspecified atom stereocenters. The molecule has 3 aromatic rings. The number of pyridine rings is 1. The Hall–Kier alpha value is -2.88. The van der Waals surface area contributed by atoms with E-state index in [2.05, 4.69) is 18.1 Å². The van der Waals surface area contributed by atoms with Crippen LogP contribution >= 0.6 is 0 Å². The van der Waals surface area contributed by atoms with Gasteiger partial charge in [0.15, 0.2) is 11.5 Å². The van der Waals surface area contributed by atoms with Gasteiger partial charge < -0.3 is 9.47 Å². The van der Waals surface area contributed by atoms with Crippen molar-refractivity contribution in [1.29, 1.82) is 0 Å². The molecule has 0 amide bonds. The van der Waals surface area contributed by atoms with Crippen molar-refractivity contribution in [2.45, 2.75) is 13.8 Å². The summed E-state index contributed by atoms with van der Waals surface area (Å²) in [4.78, 5) is 0.